The molecule has 1 N–H and O–H groups in total. The van der Waals surface area contributed by atoms with Crippen LogP contribution in [0.4, 0.5) is 10.6 Å². The number of fused-ring (bicyclic) bond motifs is 1. The number of nitrogens with one attached hydrogen (secondary N) is 1. The van der Waals surface area contributed by atoms with E-state index in [1.54, 1.807) is 16.3 Å². The topological polar surface area (TPSA) is 68.5 Å². The van der Waals surface area contributed by atoms with Gasteiger partial charge in [-0.2, -0.15) is 9.50 Å². The summed E-state index contributed by atoms with van der Waals surface area (Å²) in [5.41, 5.74) is 0. The predicted molar refractivity (Wildman–Crippen MR) is 75.6 cm³/mol. The summed E-state index contributed by atoms with van der Waals surface area (Å²) in [6.07, 6.45) is 0.546. The van der Waals surface area contributed by atoms with Crippen molar-refractivity contribution >= 4 is 55.9 Å². The highest BCUT2D eigenvalue weighted by Crippen LogP contribution is 2.31. The number of thioether (sulfide) groups is 1. The second-order valence-electron chi connectivity index (χ2n) is 3.28. The molecule has 1 amide bonds. The van der Waals surface area contributed by atoms with Crippen LogP contribution in [-0.4, -0.2) is 33.6 Å². The van der Waals surface area contributed by atoms with Crippen LogP contribution in [0.2, 0.25) is 0 Å². The van der Waals surface area contributed by atoms with Crippen molar-refractivity contribution in [2.24, 2.45) is 0 Å². The molecular formula is C9H11BrN4O2S2. The van der Waals surface area contributed by atoms with Gasteiger partial charge in [-0.3, -0.25) is 5.32 Å². The van der Waals surface area contributed by atoms with E-state index in [9.17, 15) is 4.79 Å². The summed E-state index contributed by atoms with van der Waals surface area (Å²) in [7, 11) is 1.30. The van der Waals surface area contributed by atoms with Gasteiger partial charge in [-0.1, -0.05) is 30.0 Å². The molecule has 0 aliphatic rings. The van der Waals surface area contributed by atoms with Gasteiger partial charge in [0, 0.05) is 5.75 Å². The van der Waals surface area contributed by atoms with Crippen molar-refractivity contribution < 1.29 is 9.53 Å². The molecule has 0 unspecified atom stereocenters. The van der Waals surface area contributed by atoms with Gasteiger partial charge < -0.3 is 4.74 Å². The summed E-state index contributed by atoms with van der Waals surface area (Å²) in [4.78, 5) is 16.1. The number of rotatable bonds is 4. The minimum atomic E-state index is -0.554. The number of halogens is 1. The van der Waals surface area contributed by atoms with E-state index >= 15 is 0 Å². The average molecular weight is 351 g/mol. The van der Waals surface area contributed by atoms with Gasteiger partial charge in [0.25, 0.3) is 0 Å². The van der Waals surface area contributed by atoms with E-state index in [4.69, 9.17) is 0 Å². The monoisotopic (exact) mass is 350 g/mol. The van der Waals surface area contributed by atoms with Gasteiger partial charge in [-0.25, -0.2) is 4.79 Å². The first-order valence-corrected chi connectivity index (χ1v) is 7.78. The molecule has 0 saturated carbocycles. The zero-order valence-electron chi connectivity index (χ0n) is 9.77. The maximum Gasteiger partial charge on any atom is 0.412 e. The van der Waals surface area contributed by atoms with E-state index in [-0.39, 0.29) is 0 Å². The summed E-state index contributed by atoms with van der Waals surface area (Å²) in [5.74, 6) is 1.44. The third-order valence-corrected chi connectivity index (χ3v) is 4.92. The van der Waals surface area contributed by atoms with Crippen molar-refractivity contribution in [3.05, 3.63) is 4.60 Å². The molecule has 0 saturated heterocycles. The van der Waals surface area contributed by atoms with Gasteiger partial charge in [0.05, 0.1) is 7.11 Å². The van der Waals surface area contributed by atoms with Crippen LogP contribution < -0.4 is 5.32 Å². The van der Waals surface area contributed by atoms with E-state index in [0.29, 0.717) is 10.4 Å². The molecule has 9 heteroatoms. The first-order chi connectivity index (χ1) is 8.65. The molecule has 2 aromatic heterocycles. The van der Waals surface area contributed by atoms with Crippen LogP contribution in [0, 0.1) is 0 Å². The minimum Gasteiger partial charge on any atom is -0.453 e. The van der Waals surface area contributed by atoms with Crippen molar-refractivity contribution in [3.63, 3.8) is 0 Å². The number of hydrogen-bond acceptors (Lipinski definition) is 6. The number of nitrogens with zero attached hydrogens (tertiary/aromatic N) is 3. The molecule has 0 aliphatic heterocycles. The van der Waals surface area contributed by atoms with Crippen LogP contribution in [0.5, 0.6) is 0 Å². The smallest absolute Gasteiger partial charge is 0.412 e. The molecule has 0 aromatic carbocycles. The lowest BCUT2D eigenvalue weighted by atomic mass is 10.6. The van der Waals surface area contributed by atoms with Crippen molar-refractivity contribution in [2.75, 3.05) is 18.2 Å². The van der Waals surface area contributed by atoms with Gasteiger partial charge in [0.1, 0.15) is 0 Å². The molecule has 98 valence electrons. The first kappa shape index (κ1) is 13.6. The number of hydrogen-bond donors (Lipinski definition) is 1. The van der Waals surface area contributed by atoms with E-state index < -0.39 is 6.09 Å². The van der Waals surface area contributed by atoms with Crippen LogP contribution >= 0.6 is 39.0 Å². The van der Waals surface area contributed by atoms with Crippen LogP contribution in [-0.2, 0) is 4.74 Å². The van der Waals surface area contributed by atoms with Crippen molar-refractivity contribution in [1.82, 2.24) is 14.6 Å². The predicted octanol–water partition coefficient (Wildman–Crippen LogP) is 3.23. The SMILES string of the molecule is CCCSc1nn2c(Br)c(NC(=O)OC)nc2s1. The Morgan fingerprint density at radius 2 is 2.44 bits per heavy atom. The van der Waals surface area contributed by atoms with Gasteiger partial charge in [-0.05, 0) is 22.4 Å². The Morgan fingerprint density at radius 3 is 3.06 bits per heavy atom. The number of carbonyl (C=O) groups is 1. The fraction of sp³-hybridized carbons (Fsp3) is 0.444. The molecule has 2 aromatic rings. The molecule has 2 heterocycles. The highest BCUT2D eigenvalue weighted by Gasteiger charge is 2.16. The Hall–Kier alpha value is -0.800. The number of carbonyl (C=O) groups excluding carboxylic acids is 1. The minimum absolute atomic E-state index is 0.410. The Labute approximate surface area is 120 Å². The molecule has 0 aliphatic carbocycles. The van der Waals surface area contributed by atoms with Gasteiger partial charge in [0.15, 0.2) is 14.8 Å². The molecule has 0 bridgehead atoms. The maximum atomic E-state index is 11.1. The second kappa shape index (κ2) is 5.89. The van der Waals surface area contributed by atoms with Crippen LogP contribution in [0.3, 0.4) is 0 Å². The summed E-state index contributed by atoms with van der Waals surface area (Å²) < 4.78 is 7.75. The zero-order valence-corrected chi connectivity index (χ0v) is 13.0. The Balaban J connectivity index is 2.23. The summed E-state index contributed by atoms with van der Waals surface area (Å²) in [6, 6.07) is 0. The highest BCUT2D eigenvalue weighted by molar-refractivity contribution is 9.10. The van der Waals surface area contributed by atoms with E-state index in [0.717, 1.165) is 21.5 Å². The lowest BCUT2D eigenvalue weighted by Crippen LogP contribution is -2.11. The number of aromatic nitrogens is 3. The van der Waals surface area contributed by atoms with Crippen molar-refractivity contribution in [2.45, 2.75) is 17.7 Å². The van der Waals surface area contributed by atoms with Gasteiger partial charge in [-0.15, -0.1) is 5.10 Å². The van der Waals surface area contributed by atoms with E-state index in [2.05, 4.69) is 43.0 Å². The number of imidazole rings is 1. The molecular weight excluding hydrogens is 340 g/mol. The van der Waals surface area contributed by atoms with E-state index in [1.165, 1.54) is 18.4 Å². The second-order valence-corrected chi connectivity index (χ2v) is 6.33. The van der Waals surface area contributed by atoms with Crippen LogP contribution in [0.1, 0.15) is 13.3 Å². The van der Waals surface area contributed by atoms with E-state index in [1.807, 2.05) is 0 Å². The number of methoxy groups -OCH3 is 1. The lowest BCUT2D eigenvalue weighted by Gasteiger charge is -1.99. The molecule has 18 heavy (non-hydrogen) atoms. The average Bonchev–Trinajstić information content (AvgIpc) is 2.87. The summed E-state index contributed by atoms with van der Waals surface area (Å²) in [6.45, 7) is 2.13. The largest absolute Gasteiger partial charge is 0.453 e. The molecule has 0 spiro atoms. The first-order valence-electron chi connectivity index (χ1n) is 5.18. The Morgan fingerprint density at radius 1 is 1.67 bits per heavy atom. The fourth-order valence-corrected chi connectivity index (χ4v) is 3.60. The molecule has 0 radical (unpaired) electrons. The lowest BCUT2D eigenvalue weighted by molar-refractivity contribution is 0.187. The normalized spacial score (nSPS) is 10.8. The zero-order chi connectivity index (χ0) is 13.1. The highest BCUT2D eigenvalue weighted by atomic mass is 79.9. The number of amides is 1. The summed E-state index contributed by atoms with van der Waals surface area (Å²) in [5, 5.41) is 6.92. The van der Waals surface area contributed by atoms with Gasteiger partial charge >= 0.3 is 6.09 Å². The third kappa shape index (κ3) is 2.78. The quantitative estimate of drug-likeness (QED) is 0.857. The van der Waals surface area contributed by atoms with Gasteiger partial charge in [0.2, 0.25) is 4.96 Å². The number of anilines is 1. The summed E-state index contributed by atoms with van der Waals surface area (Å²) >= 11 is 6.54. The third-order valence-electron chi connectivity index (χ3n) is 1.97. The van der Waals surface area contributed by atoms with Crippen LogP contribution in [0.25, 0.3) is 4.96 Å². The van der Waals surface area contributed by atoms with Crippen molar-refractivity contribution in [3.8, 4) is 0 Å². The molecule has 6 nitrogen and oxygen atoms in total. The van der Waals surface area contributed by atoms with Crippen LogP contribution in [0.15, 0.2) is 8.94 Å². The molecule has 0 fully saturated rings. The fourth-order valence-electron chi connectivity index (χ4n) is 1.18. The maximum absolute atomic E-state index is 11.1. The molecule has 2 rings (SSSR count). The number of ether oxygens (including phenoxy) is 1. The Kier molecular flexibility index (Phi) is 4.46. The van der Waals surface area contributed by atoms with Crippen molar-refractivity contribution in [1.29, 1.82) is 0 Å². The standard InChI is InChI=1S/C9H11BrN4O2S2/c1-3-4-17-9-13-14-5(10)6(11-7(14)18-9)12-8(15)16-2/h3-4H2,1-2H3,(H,12,15). The molecule has 0 atom stereocenters. The Bertz CT molecular complexity index is 568.